The zero-order valence-corrected chi connectivity index (χ0v) is 11.4. The smallest absolute Gasteiger partial charge is 0.318 e. The minimum Gasteiger partial charge on any atom is -0.338 e. The van der Waals surface area contributed by atoms with Crippen molar-refractivity contribution >= 4 is 6.03 Å². The molecule has 2 N–H and O–H groups in total. The fourth-order valence-electron chi connectivity index (χ4n) is 1.38. The number of amides is 2. The molecule has 0 heterocycles. The number of nitrogens with one attached hydrogen (secondary N) is 2. The van der Waals surface area contributed by atoms with Crippen molar-refractivity contribution in [1.29, 1.82) is 0 Å². The Balaban J connectivity index is 2.20. The van der Waals surface area contributed by atoms with Crippen molar-refractivity contribution in [3.05, 3.63) is 48.2 Å². The number of hydrogen-bond donors (Lipinski definition) is 2. The van der Waals surface area contributed by atoms with E-state index in [9.17, 15) is 4.79 Å². The standard InChI is InChI=1S/C15H22N2O/c1-15(2,3)10-12-17-14(18)16-11-9-13-7-5-4-6-8-13/h4-8,10,12H,9,11H2,1-3H3,(H2,16,17,18)/b12-10+. The summed E-state index contributed by atoms with van der Waals surface area (Å²) in [6, 6.07) is 9.94. The van der Waals surface area contributed by atoms with Gasteiger partial charge in [0.15, 0.2) is 0 Å². The van der Waals surface area contributed by atoms with E-state index >= 15 is 0 Å². The summed E-state index contributed by atoms with van der Waals surface area (Å²) in [5.41, 5.74) is 1.31. The van der Waals surface area contributed by atoms with Crippen molar-refractivity contribution in [2.24, 2.45) is 5.41 Å². The first kappa shape index (κ1) is 14.3. The molecule has 0 bridgehead atoms. The van der Waals surface area contributed by atoms with Crippen molar-refractivity contribution in [1.82, 2.24) is 10.6 Å². The molecule has 98 valence electrons. The average molecular weight is 246 g/mol. The maximum atomic E-state index is 11.4. The largest absolute Gasteiger partial charge is 0.338 e. The molecule has 0 fully saturated rings. The molecule has 1 rings (SSSR count). The van der Waals surface area contributed by atoms with Gasteiger partial charge in [0.05, 0.1) is 0 Å². The number of rotatable bonds is 4. The molecule has 0 radical (unpaired) electrons. The number of urea groups is 1. The van der Waals surface area contributed by atoms with Crippen LogP contribution in [0.15, 0.2) is 42.6 Å². The zero-order chi connectivity index (χ0) is 13.4. The van der Waals surface area contributed by atoms with Crippen LogP contribution in [0.4, 0.5) is 4.79 Å². The molecule has 1 aromatic carbocycles. The van der Waals surface area contributed by atoms with Crippen molar-refractivity contribution in [2.45, 2.75) is 27.2 Å². The second-order valence-corrected chi connectivity index (χ2v) is 5.34. The minimum atomic E-state index is -0.161. The van der Waals surface area contributed by atoms with Gasteiger partial charge in [-0.3, -0.25) is 0 Å². The van der Waals surface area contributed by atoms with Gasteiger partial charge in [0, 0.05) is 12.7 Å². The van der Waals surface area contributed by atoms with Gasteiger partial charge in [-0.15, -0.1) is 0 Å². The lowest BCUT2D eigenvalue weighted by atomic mass is 9.97. The third kappa shape index (κ3) is 6.74. The number of hydrogen-bond acceptors (Lipinski definition) is 1. The first-order chi connectivity index (χ1) is 8.47. The number of carbonyl (C=O) groups is 1. The lowest BCUT2D eigenvalue weighted by Gasteiger charge is -2.11. The Bertz CT molecular complexity index is 391. The third-order valence-corrected chi connectivity index (χ3v) is 2.34. The third-order valence-electron chi connectivity index (χ3n) is 2.34. The summed E-state index contributed by atoms with van der Waals surface area (Å²) in [5.74, 6) is 0. The fourth-order valence-corrected chi connectivity index (χ4v) is 1.38. The number of allylic oxidation sites excluding steroid dienone is 1. The Morgan fingerprint density at radius 2 is 1.89 bits per heavy atom. The Morgan fingerprint density at radius 3 is 2.50 bits per heavy atom. The molecule has 0 spiro atoms. The summed E-state index contributed by atoms with van der Waals surface area (Å²) in [5, 5.41) is 5.51. The molecule has 3 heteroatoms. The van der Waals surface area contributed by atoms with E-state index in [2.05, 4.69) is 43.5 Å². The molecule has 0 aliphatic carbocycles. The molecule has 0 saturated carbocycles. The molecule has 0 aliphatic heterocycles. The predicted octanol–water partition coefficient (Wildman–Crippen LogP) is 3.09. The summed E-state index contributed by atoms with van der Waals surface area (Å²) >= 11 is 0. The molecule has 1 aromatic rings. The van der Waals surface area contributed by atoms with Gasteiger partial charge in [0.2, 0.25) is 0 Å². The van der Waals surface area contributed by atoms with Crippen molar-refractivity contribution < 1.29 is 4.79 Å². The molecule has 0 saturated heterocycles. The summed E-state index contributed by atoms with van der Waals surface area (Å²) in [7, 11) is 0. The highest BCUT2D eigenvalue weighted by Crippen LogP contribution is 2.13. The van der Waals surface area contributed by atoms with E-state index in [0.29, 0.717) is 6.54 Å². The lowest BCUT2D eigenvalue weighted by molar-refractivity contribution is 0.244. The van der Waals surface area contributed by atoms with Crippen LogP contribution in [-0.4, -0.2) is 12.6 Å². The molecule has 18 heavy (non-hydrogen) atoms. The van der Waals surface area contributed by atoms with Crippen LogP contribution in [0.2, 0.25) is 0 Å². The highest BCUT2D eigenvalue weighted by molar-refractivity contribution is 5.74. The highest BCUT2D eigenvalue weighted by atomic mass is 16.2. The fraction of sp³-hybridized carbons (Fsp3) is 0.400. The molecule has 0 aliphatic rings. The van der Waals surface area contributed by atoms with Crippen LogP contribution in [0.5, 0.6) is 0 Å². The van der Waals surface area contributed by atoms with Gasteiger partial charge in [0.25, 0.3) is 0 Å². The molecule has 3 nitrogen and oxygen atoms in total. The molecular weight excluding hydrogens is 224 g/mol. The summed E-state index contributed by atoms with van der Waals surface area (Å²) in [4.78, 5) is 11.4. The van der Waals surface area contributed by atoms with Crippen LogP contribution in [0.25, 0.3) is 0 Å². The van der Waals surface area contributed by atoms with Crippen LogP contribution in [0.3, 0.4) is 0 Å². The Hall–Kier alpha value is -1.77. The second kappa shape index (κ2) is 6.84. The first-order valence-corrected chi connectivity index (χ1v) is 6.23. The summed E-state index contributed by atoms with van der Waals surface area (Å²) in [6.45, 7) is 6.88. The van der Waals surface area contributed by atoms with Crippen LogP contribution < -0.4 is 10.6 Å². The number of benzene rings is 1. The second-order valence-electron chi connectivity index (χ2n) is 5.34. The Kier molecular flexibility index (Phi) is 5.43. The van der Waals surface area contributed by atoms with Crippen LogP contribution in [-0.2, 0) is 6.42 Å². The van der Waals surface area contributed by atoms with Gasteiger partial charge in [0.1, 0.15) is 0 Å². The molecule has 0 aromatic heterocycles. The zero-order valence-electron chi connectivity index (χ0n) is 11.4. The van der Waals surface area contributed by atoms with Crippen LogP contribution >= 0.6 is 0 Å². The lowest BCUT2D eigenvalue weighted by Crippen LogP contribution is -2.33. The Labute approximate surface area is 109 Å². The van der Waals surface area contributed by atoms with E-state index < -0.39 is 0 Å². The first-order valence-electron chi connectivity index (χ1n) is 6.23. The van der Waals surface area contributed by atoms with Crippen molar-refractivity contribution in [3.8, 4) is 0 Å². The molecular formula is C15H22N2O. The van der Waals surface area contributed by atoms with E-state index in [1.807, 2.05) is 24.3 Å². The normalized spacial score (nSPS) is 11.5. The molecule has 0 unspecified atom stereocenters. The molecule has 2 amide bonds. The van der Waals surface area contributed by atoms with Gasteiger partial charge in [-0.25, -0.2) is 4.79 Å². The maximum absolute atomic E-state index is 11.4. The summed E-state index contributed by atoms with van der Waals surface area (Å²) in [6.07, 6.45) is 4.50. The Morgan fingerprint density at radius 1 is 1.22 bits per heavy atom. The monoisotopic (exact) mass is 246 g/mol. The van der Waals surface area contributed by atoms with E-state index in [0.717, 1.165) is 6.42 Å². The van der Waals surface area contributed by atoms with Gasteiger partial charge >= 0.3 is 6.03 Å². The van der Waals surface area contributed by atoms with Gasteiger partial charge in [-0.2, -0.15) is 0 Å². The van der Waals surface area contributed by atoms with E-state index in [1.165, 1.54) is 5.56 Å². The highest BCUT2D eigenvalue weighted by Gasteiger charge is 2.03. The van der Waals surface area contributed by atoms with Crippen molar-refractivity contribution in [3.63, 3.8) is 0 Å². The predicted molar refractivity (Wildman–Crippen MR) is 75.3 cm³/mol. The van der Waals surface area contributed by atoms with Gasteiger partial charge < -0.3 is 10.6 Å². The van der Waals surface area contributed by atoms with E-state index in [4.69, 9.17) is 0 Å². The van der Waals surface area contributed by atoms with Crippen LogP contribution in [0.1, 0.15) is 26.3 Å². The summed E-state index contributed by atoms with van der Waals surface area (Å²) < 4.78 is 0. The van der Waals surface area contributed by atoms with Crippen LogP contribution in [0, 0.1) is 5.41 Å². The topological polar surface area (TPSA) is 41.1 Å². The quantitative estimate of drug-likeness (QED) is 0.842. The maximum Gasteiger partial charge on any atom is 0.318 e. The average Bonchev–Trinajstić information content (AvgIpc) is 2.28. The minimum absolute atomic E-state index is 0.0807. The van der Waals surface area contributed by atoms with Crippen molar-refractivity contribution in [2.75, 3.05) is 6.54 Å². The SMILES string of the molecule is CC(C)(C)/C=C/NC(=O)NCCc1ccccc1. The van der Waals surface area contributed by atoms with Gasteiger partial charge in [-0.1, -0.05) is 57.2 Å². The van der Waals surface area contributed by atoms with E-state index in [1.54, 1.807) is 6.20 Å². The van der Waals surface area contributed by atoms with Gasteiger partial charge in [-0.05, 0) is 17.4 Å². The van der Waals surface area contributed by atoms with E-state index in [-0.39, 0.29) is 11.4 Å². The number of carbonyl (C=O) groups excluding carboxylic acids is 1. The molecule has 0 atom stereocenters.